The van der Waals surface area contributed by atoms with Gasteiger partial charge in [-0.15, -0.1) is 0 Å². The van der Waals surface area contributed by atoms with E-state index >= 15 is 0 Å². The molecule has 0 fully saturated rings. The molecule has 2 N–H and O–H groups in total. The lowest BCUT2D eigenvalue weighted by Gasteiger charge is -2.13. The third kappa shape index (κ3) is 2.25. The van der Waals surface area contributed by atoms with E-state index in [4.69, 9.17) is 15.7 Å². The largest absolute Gasteiger partial charge is 0.495 e. The minimum atomic E-state index is -2.72. The molecular formula is C10H11F2N3O. The maximum atomic E-state index is 12.6. The number of halogens is 2. The standard InChI is InChI=1S/C10H11F2N3O/c1-16-8-5-15-9(10(11)12)6(2-3-13)7(8)4-14/h5,10H,2,4,14H2,1H3. The summed E-state index contributed by atoms with van der Waals surface area (Å²) < 4.78 is 30.3. The molecule has 1 aromatic heterocycles. The summed E-state index contributed by atoms with van der Waals surface area (Å²) in [5, 5.41) is 8.61. The summed E-state index contributed by atoms with van der Waals surface area (Å²) in [6.07, 6.45) is -1.68. The molecule has 0 saturated carbocycles. The monoisotopic (exact) mass is 227 g/mol. The van der Waals surface area contributed by atoms with Gasteiger partial charge in [-0.2, -0.15) is 5.26 Å². The van der Waals surface area contributed by atoms with E-state index in [1.807, 2.05) is 6.07 Å². The predicted octanol–water partition coefficient (Wildman–Crippen LogP) is 1.55. The molecule has 1 heterocycles. The van der Waals surface area contributed by atoms with Crippen LogP contribution in [0.5, 0.6) is 5.75 Å². The number of hydrogen-bond acceptors (Lipinski definition) is 4. The molecule has 1 aromatic rings. The molecule has 16 heavy (non-hydrogen) atoms. The predicted molar refractivity (Wildman–Crippen MR) is 53.0 cm³/mol. The van der Waals surface area contributed by atoms with Gasteiger partial charge in [-0.3, -0.25) is 4.98 Å². The lowest BCUT2D eigenvalue weighted by atomic mass is 10.0. The minimum Gasteiger partial charge on any atom is -0.495 e. The Labute approximate surface area is 91.7 Å². The van der Waals surface area contributed by atoms with E-state index in [0.717, 1.165) is 0 Å². The summed E-state index contributed by atoms with van der Waals surface area (Å²) in [7, 11) is 1.40. The molecule has 86 valence electrons. The normalized spacial score (nSPS) is 10.2. The van der Waals surface area contributed by atoms with E-state index in [0.29, 0.717) is 11.3 Å². The van der Waals surface area contributed by atoms with Crippen molar-refractivity contribution in [1.82, 2.24) is 4.98 Å². The first-order chi connectivity index (χ1) is 7.65. The Morgan fingerprint density at radius 1 is 1.56 bits per heavy atom. The SMILES string of the molecule is COc1cnc(C(F)F)c(CC#N)c1CN. The van der Waals surface area contributed by atoms with Gasteiger partial charge in [0.1, 0.15) is 11.4 Å². The van der Waals surface area contributed by atoms with Gasteiger partial charge in [0.15, 0.2) is 0 Å². The zero-order valence-corrected chi connectivity index (χ0v) is 8.70. The Kier molecular flexibility index (Phi) is 4.14. The van der Waals surface area contributed by atoms with Crippen LogP contribution in [0.2, 0.25) is 0 Å². The summed E-state index contributed by atoms with van der Waals surface area (Å²) in [5.74, 6) is 0.331. The number of alkyl halides is 2. The molecule has 0 amide bonds. The van der Waals surface area contributed by atoms with Crippen LogP contribution in [0, 0.1) is 11.3 Å². The fourth-order valence-electron chi connectivity index (χ4n) is 1.45. The topological polar surface area (TPSA) is 71.9 Å². The first-order valence-electron chi connectivity index (χ1n) is 4.55. The Bertz CT molecular complexity index is 415. The van der Waals surface area contributed by atoms with E-state index in [1.54, 1.807) is 0 Å². The molecule has 1 rings (SSSR count). The van der Waals surface area contributed by atoms with Crippen LogP contribution in [0.1, 0.15) is 23.2 Å². The van der Waals surface area contributed by atoms with Gasteiger partial charge < -0.3 is 10.5 Å². The molecule has 0 saturated heterocycles. The summed E-state index contributed by atoms with van der Waals surface area (Å²) in [5.41, 5.74) is 5.64. The number of hydrogen-bond donors (Lipinski definition) is 1. The van der Waals surface area contributed by atoms with Gasteiger partial charge in [-0.05, 0) is 0 Å². The van der Waals surface area contributed by atoms with E-state index < -0.39 is 12.1 Å². The Morgan fingerprint density at radius 3 is 2.69 bits per heavy atom. The van der Waals surface area contributed by atoms with Crippen molar-refractivity contribution in [3.8, 4) is 11.8 Å². The van der Waals surface area contributed by atoms with Crippen molar-refractivity contribution in [2.45, 2.75) is 19.4 Å². The third-order valence-corrected chi connectivity index (χ3v) is 2.18. The average molecular weight is 227 g/mol. The molecule has 0 radical (unpaired) electrons. The number of nitrogens with zero attached hydrogens (tertiary/aromatic N) is 2. The van der Waals surface area contributed by atoms with Crippen LogP contribution in [0.4, 0.5) is 8.78 Å². The van der Waals surface area contributed by atoms with Gasteiger partial charge in [-0.1, -0.05) is 0 Å². The van der Waals surface area contributed by atoms with Crippen molar-refractivity contribution in [2.24, 2.45) is 5.73 Å². The highest BCUT2D eigenvalue weighted by Gasteiger charge is 2.20. The molecule has 0 atom stereocenters. The van der Waals surface area contributed by atoms with Gasteiger partial charge in [-0.25, -0.2) is 8.78 Å². The second kappa shape index (κ2) is 5.37. The van der Waals surface area contributed by atoms with Gasteiger partial charge in [0.05, 0.1) is 25.8 Å². The first-order valence-corrected chi connectivity index (χ1v) is 4.55. The first kappa shape index (κ1) is 12.3. The molecule has 4 nitrogen and oxygen atoms in total. The van der Waals surface area contributed by atoms with Crippen molar-refractivity contribution < 1.29 is 13.5 Å². The lowest BCUT2D eigenvalue weighted by molar-refractivity contribution is 0.144. The lowest BCUT2D eigenvalue weighted by Crippen LogP contribution is -2.09. The van der Waals surface area contributed by atoms with E-state index in [-0.39, 0.29) is 18.5 Å². The van der Waals surface area contributed by atoms with E-state index in [9.17, 15) is 8.78 Å². The number of rotatable bonds is 4. The highest BCUT2D eigenvalue weighted by Crippen LogP contribution is 2.29. The maximum absolute atomic E-state index is 12.6. The number of nitriles is 1. The van der Waals surface area contributed by atoms with Crippen LogP contribution in [-0.2, 0) is 13.0 Å². The Balaban J connectivity index is 3.38. The highest BCUT2D eigenvalue weighted by molar-refractivity contribution is 5.42. The zero-order valence-electron chi connectivity index (χ0n) is 8.70. The van der Waals surface area contributed by atoms with Crippen molar-refractivity contribution >= 4 is 0 Å². The van der Waals surface area contributed by atoms with E-state index in [2.05, 4.69) is 4.98 Å². The Morgan fingerprint density at radius 2 is 2.25 bits per heavy atom. The Hall–Kier alpha value is -1.74. The van der Waals surface area contributed by atoms with Gasteiger partial charge in [0.25, 0.3) is 6.43 Å². The molecule has 0 aliphatic heterocycles. The van der Waals surface area contributed by atoms with Crippen LogP contribution in [-0.4, -0.2) is 12.1 Å². The number of aromatic nitrogens is 1. The summed E-state index contributed by atoms with van der Waals surface area (Å²) in [6, 6.07) is 1.82. The number of ether oxygens (including phenoxy) is 1. The number of methoxy groups -OCH3 is 1. The van der Waals surface area contributed by atoms with Crippen molar-refractivity contribution in [2.75, 3.05) is 7.11 Å². The molecule has 0 spiro atoms. The molecule has 6 heteroatoms. The van der Waals surface area contributed by atoms with Crippen LogP contribution in [0.25, 0.3) is 0 Å². The number of nitrogens with two attached hydrogens (primary N) is 1. The zero-order chi connectivity index (χ0) is 12.1. The molecular weight excluding hydrogens is 216 g/mol. The highest BCUT2D eigenvalue weighted by atomic mass is 19.3. The van der Waals surface area contributed by atoms with Crippen molar-refractivity contribution in [1.29, 1.82) is 5.26 Å². The molecule has 0 aliphatic carbocycles. The molecule has 0 bridgehead atoms. The molecule has 0 aromatic carbocycles. The van der Waals surface area contributed by atoms with Crippen LogP contribution < -0.4 is 10.5 Å². The van der Waals surface area contributed by atoms with Gasteiger partial charge in [0.2, 0.25) is 0 Å². The van der Waals surface area contributed by atoms with Crippen LogP contribution in [0.3, 0.4) is 0 Å². The summed E-state index contributed by atoms with van der Waals surface area (Å²) in [6.45, 7) is 0.0302. The summed E-state index contributed by atoms with van der Waals surface area (Å²) >= 11 is 0. The van der Waals surface area contributed by atoms with Gasteiger partial charge in [0, 0.05) is 17.7 Å². The summed E-state index contributed by atoms with van der Waals surface area (Å²) in [4.78, 5) is 3.59. The average Bonchev–Trinajstić information content (AvgIpc) is 2.28. The fourth-order valence-corrected chi connectivity index (χ4v) is 1.45. The smallest absolute Gasteiger partial charge is 0.280 e. The second-order valence-electron chi connectivity index (χ2n) is 3.01. The van der Waals surface area contributed by atoms with E-state index in [1.165, 1.54) is 13.3 Å². The van der Waals surface area contributed by atoms with Crippen molar-refractivity contribution in [3.05, 3.63) is 23.0 Å². The van der Waals surface area contributed by atoms with Crippen LogP contribution >= 0.6 is 0 Å². The molecule has 0 aliphatic rings. The number of pyridine rings is 1. The minimum absolute atomic E-state index is 0.0302. The second-order valence-corrected chi connectivity index (χ2v) is 3.01. The van der Waals surface area contributed by atoms with Crippen LogP contribution in [0.15, 0.2) is 6.20 Å². The fraction of sp³-hybridized carbons (Fsp3) is 0.400. The third-order valence-electron chi connectivity index (χ3n) is 2.18. The quantitative estimate of drug-likeness (QED) is 0.847. The van der Waals surface area contributed by atoms with Crippen molar-refractivity contribution in [3.63, 3.8) is 0 Å². The van der Waals surface area contributed by atoms with Gasteiger partial charge >= 0.3 is 0 Å². The molecule has 0 unspecified atom stereocenters. The maximum Gasteiger partial charge on any atom is 0.280 e.